The second-order valence-electron chi connectivity index (χ2n) is 7.29. The number of anilines is 3. The Kier molecular flexibility index (Phi) is 7.34. The number of piperidine rings is 1. The van der Waals surface area contributed by atoms with Crippen LogP contribution in [0, 0.1) is 0 Å². The Balaban J connectivity index is 0.00000124. The Labute approximate surface area is 183 Å². The molecule has 1 fully saturated rings. The van der Waals surface area contributed by atoms with Crippen LogP contribution in [0.2, 0.25) is 5.02 Å². The van der Waals surface area contributed by atoms with Crippen LogP contribution in [0.3, 0.4) is 0 Å². The highest BCUT2D eigenvalue weighted by molar-refractivity contribution is 6.30. The van der Waals surface area contributed by atoms with Gasteiger partial charge in [0.25, 0.3) is 0 Å². The topological polar surface area (TPSA) is 77.5 Å². The van der Waals surface area contributed by atoms with Crippen molar-refractivity contribution in [3.05, 3.63) is 53.1 Å². The number of para-hydroxylation sites is 1. The molecule has 1 amide bonds. The molecule has 2 aromatic carbocycles. The minimum absolute atomic E-state index is 0.102. The summed E-state index contributed by atoms with van der Waals surface area (Å²) in [5.74, 6) is 0.800. The van der Waals surface area contributed by atoms with Gasteiger partial charge in [-0.3, -0.25) is 9.79 Å². The first-order valence-electron chi connectivity index (χ1n) is 10.5. The van der Waals surface area contributed by atoms with Crippen molar-refractivity contribution in [2.75, 3.05) is 29.0 Å². The summed E-state index contributed by atoms with van der Waals surface area (Å²) in [6, 6.07) is 13.6. The molecule has 2 heterocycles. The summed E-state index contributed by atoms with van der Waals surface area (Å²) < 4.78 is 0. The van der Waals surface area contributed by atoms with E-state index < -0.39 is 0 Å². The molecule has 0 radical (unpaired) electrons. The first kappa shape index (κ1) is 22.1. The number of hydrogen-bond acceptors (Lipinski definition) is 4. The lowest BCUT2D eigenvalue weighted by atomic mass is 9.84. The number of carbonyl (C=O) groups is 1. The molecule has 0 unspecified atom stereocenters. The molecule has 30 heavy (non-hydrogen) atoms. The quantitative estimate of drug-likeness (QED) is 0.562. The summed E-state index contributed by atoms with van der Waals surface area (Å²) >= 11 is 6.12. The molecule has 7 heteroatoms. The summed E-state index contributed by atoms with van der Waals surface area (Å²) in [4.78, 5) is 16.5. The van der Waals surface area contributed by atoms with Crippen molar-refractivity contribution >= 4 is 40.4 Å². The maximum atomic E-state index is 11.6. The maximum Gasteiger partial charge on any atom is 0.221 e. The first-order chi connectivity index (χ1) is 14.6. The van der Waals surface area contributed by atoms with Crippen molar-refractivity contribution in [1.29, 1.82) is 0 Å². The highest BCUT2D eigenvalue weighted by atomic mass is 35.5. The van der Waals surface area contributed by atoms with Crippen LogP contribution in [0.4, 0.5) is 17.1 Å². The zero-order valence-electron chi connectivity index (χ0n) is 17.8. The number of nitrogens with one attached hydrogen (secondary N) is 4. The van der Waals surface area contributed by atoms with Gasteiger partial charge in [0.2, 0.25) is 5.91 Å². The number of halogens is 1. The summed E-state index contributed by atoms with van der Waals surface area (Å²) in [5, 5.41) is 14.3. The predicted molar refractivity (Wildman–Crippen MR) is 127 cm³/mol. The normalized spacial score (nSPS) is 17.8. The fraction of sp³-hybridized carbons (Fsp3) is 0.391. The number of aliphatic imine (C=N–C) groups is 1. The van der Waals surface area contributed by atoms with E-state index in [0.29, 0.717) is 11.6 Å². The Morgan fingerprint density at radius 2 is 1.90 bits per heavy atom. The molecular formula is C23H30ClN5O. The number of nitrogens with zero attached hydrogens (tertiary/aromatic N) is 1. The monoisotopic (exact) mass is 427 g/mol. The van der Waals surface area contributed by atoms with E-state index >= 15 is 0 Å². The molecule has 0 aliphatic carbocycles. The molecular weight excluding hydrogens is 398 g/mol. The minimum Gasteiger partial charge on any atom is -0.371 e. The summed E-state index contributed by atoms with van der Waals surface area (Å²) in [5.41, 5.74) is 3.40. The van der Waals surface area contributed by atoms with Crippen LogP contribution in [-0.2, 0) is 11.3 Å². The second-order valence-corrected chi connectivity index (χ2v) is 7.72. The highest BCUT2D eigenvalue weighted by Crippen LogP contribution is 2.40. The van der Waals surface area contributed by atoms with E-state index in [9.17, 15) is 4.79 Å². The number of fused-ring (bicyclic) bond motifs is 1. The first-order valence-corrected chi connectivity index (χ1v) is 10.9. The van der Waals surface area contributed by atoms with Crippen molar-refractivity contribution in [2.24, 2.45) is 4.99 Å². The van der Waals surface area contributed by atoms with Crippen LogP contribution in [0.25, 0.3) is 0 Å². The van der Waals surface area contributed by atoms with Crippen molar-refractivity contribution in [3.63, 3.8) is 0 Å². The Bertz CT molecular complexity index is 922. The summed E-state index contributed by atoms with van der Waals surface area (Å²) in [6.07, 6.45) is 1.86. The van der Waals surface area contributed by atoms with E-state index in [1.165, 1.54) is 6.92 Å². The molecule has 0 bridgehead atoms. The van der Waals surface area contributed by atoms with Gasteiger partial charge in [-0.1, -0.05) is 43.6 Å². The number of amidine groups is 1. The molecule has 4 rings (SSSR count). The third-order valence-corrected chi connectivity index (χ3v) is 5.45. The number of rotatable bonds is 3. The van der Waals surface area contributed by atoms with Crippen LogP contribution >= 0.6 is 11.6 Å². The third kappa shape index (κ3) is 4.94. The lowest BCUT2D eigenvalue weighted by molar-refractivity contribution is -0.114. The Morgan fingerprint density at radius 3 is 2.60 bits per heavy atom. The third-order valence-electron chi connectivity index (χ3n) is 5.21. The fourth-order valence-electron chi connectivity index (χ4n) is 3.85. The Hall–Kier alpha value is -2.57. The van der Waals surface area contributed by atoms with Gasteiger partial charge in [-0.05, 0) is 55.8 Å². The number of carbonyl (C=O) groups excluding carboxylic acids is 1. The van der Waals surface area contributed by atoms with E-state index in [0.717, 1.165) is 54.4 Å². The van der Waals surface area contributed by atoms with Gasteiger partial charge < -0.3 is 21.3 Å². The van der Waals surface area contributed by atoms with Gasteiger partial charge in [0.05, 0.1) is 29.1 Å². The van der Waals surface area contributed by atoms with Crippen LogP contribution in [-0.4, -0.2) is 30.4 Å². The van der Waals surface area contributed by atoms with Gasteiger partial charge in [0.15, 0.2) is 0 Å². The van der Waals surface area contributed by atoms with Crippen molar-refractivity contribution in [2.45, 2.75) is 45.7 Å². The number of amides is 1. The largest absolute Gasteiger partial charge is 0.371 e. The van der Waals surface area contributed by atoms with Crippen LogP contribution < -0.4 is 21.3 Å². The molecule has 0 atom stereocenters. The molecule has 160 valence electrons. The molecule has 2 aliphatic rings. The maximum absolute atomic E-state index is 11.6. The van der Waals surface area contributed by atoms with Crippen molar-refractivity contribution < 1.29 is 4.79 Å². The number of benzene rings is 2. The lowest BCUT2D eigenvalue weighted by Crippen LogP contribution is -2.58. The van der Waals surface area contributed by atoms with E-state index in [4.69, 9.17) is 16.6 Å². The average molecular weight is 428 g/mol. The summed E-state index contributed by atoms with van der Waals surface area (Å²) in [7, 11) is 0. The average Bonchev–Trinajstić information content (AvgIpc) is 2.74. The van der Waals surface area contributed by atoms with Crippen LogP contribution in [0.15, 0.2) is 47.5 Å². The molecule has 0 aromatic heterocycles. The van der Waals surface area contributed by atoms with Gasteiger partial charge in [-0.15, -0.1) is 0 Å². The Morgan fingerprint density at radius 1 is 1.17 bits per heavy atom. The number of hydrogen-bond donors (Lipinski definition) is 4. The van der Waals surface area contributed by atoms with Gasteiger partial charge in [-0.2, -0.15) is 0 Å². The molecule has 1 spiro atoms. The van der Waals surface area contributed by atoms with Crippen LogP contribution in [0.1, 0.15) is 39.2 Å². The zero-order valence-corrected chi connectivity index (χ0v) is 18.6. The van der Waals surface area contributed by atoms with Crippen LogP contribution in [0.5, 0.6) is 0 Å². The molecule has 2 aromatic rings. The molecule has 6 nitrogen and oxygen atoms in total. The molecule has 0 saturated carbocycles. The lowest BCUT2D eigenvalue weighted by Gasteiger charge is -2.44. The highest BCUT2D eigenvalue weighted by Gasteiger charge is 2.41. The predicted octanol–water partition coefficient (Wildman–Crippen LogP) is 4.88. The van der Waals surface area contributed by atoms with Gasteiger partial charge in [0, 0.05) is 11.9 Å². The van der Waals surface area contributed by atoms with E-state index in [-0.39, 0.29) is 11.4 Å². The van der Waals surface area contributed by atoms with E-state index in [2.05, 4.69) is 21.3 Å². The second kappa shape index (κ2) is 9.96. The molecule has 1 saturated heterocycles. The van der Waals surface area contributed by atoms with Crippen molar-refractivity contribution in [3.8, 4) is 0 Å². The minimum atomic E-state index is -0.244. The summed E-state index contributed by atoms with van der Waals surface area (Å²) in [6.45, 7) is 7.90. The van der Waals surface area contributed by atoms with Crippen molar-refractivity contribution in [1.82, 2.24) is 5.32 Å². The standard InChI is InChI=1S/C21H24ClN5O.C2H6/c1-14(28)25-17-6-3-7-18-19(17)26-20(21(27-18)8-10-23-11-9-21)24-13-15-4-2-5-16(22)12-15;1-2/h2-7,12,23,27H,8-11,13H2,1H3,(H,24,26)(H,25,28);1-2H3. The fourth-order valence-corrected chi connectivity index (χ4v) is 4.06. The SMILES string of the molecule is CC.CC(=O)Nc1cccc2c1NC(=NCc1cccc(Cl)c1)C1(CCNCC1)N2. The molecule has 2 aliphatic heterocycles. The van der Waals surface area contributed by atoms with Gasteiger partial charge >= 0.3 is 0 Å². The van der Waals surface area contributed by atoms with Gasteiger partial charge in [-0.25, -0.2) is 0 Å². The zero-order chi connectivity index (χ0) is 21.6. The van der Waals surface area contributed by atoms with E-state index in [1.54, 1.807) is 0 Å². The smallest absolute Gasteiger partial charge is 0.221 e. The van der Waals surface area contributed by atoms with E-state index in [1.807, 2.05) is 56.3 Å². The molecule has 4 N–H and O–H groups in total. The van der Waals surface area contributed by atoms with Gasteiger partial charge in [0.1, 0.15) is 5.84 Å².